The molecular weight excluding hydrogens is 310 g/mol. The summed E-state index contributed by atoms with van der Waals surface area (Å²) in [5.74, 6) is 0.756. The number of benzene rings is 1. The molecule has 0 bridgehead atoms. The van der Waals surface area contributed by atoms with Crippen LogP contribution in [-0.4, -0.2) is 59.7 Å². The van der Waals surface area contributed by atoms with Crippen molar-refractivity contribution in [1.29, 1.82) is 0 Å². The summed E-state index contributed by atoms with van der Waals surface area (Å²) < 4.78 is 6.39. The van der Waals surface area contributed by atoms with E-state index in [1.54, 1.807) is 0 Å². The maximum atomic E-state index is 6.39. The van der Waals surface area contributed by atoms with Gasteiger partial charge in [-0.05, 0) is 62.4 Å². The van der Waals surface area contributed by atoms with E-state index in [2.05, 4.69) is 39.0 Å². The second-order valence-corrected chi connectivity index (χ2v) is 8.41. The fraction of sp³-hybridized carbons (Fsp3) is 0.619. The molecule has 4 heterocycles. The number of aromatic amines is 1. The minimum Gasteiger partial charge on any atom is -0.372 e. The van der Waals surface area contributed by atoms with Gasteiger partial charge in [0.2, 0.25) is 0 Å². The zero-order valence-corrected chi connectivity index (χ0v) is 15.0. The molecule has 4 heteroatoms. The number of aromatic nitrogens is 1. The molecule has 0 radical (unpaired) electrons. The van der Waals surface area contributed by atoms with Crippen molar-refractivity contribution in [2.45, 2.75) is 37.8 Å². The van der Waals surface area contributed by atoms with Gasteiger partial charge in [-0.25, -0.2) is 0 Å². The van der Waals surface area contributed by atoms with E-state index in [4.69, 9.17) is 4.74 Å². The maximum Gasteiger partial charge on any atom is 0.0935 e. The van der Waals surface area contributed by atoms with Crippen LogP contribution in [0.25, 0.3) is 10.9 Å². The molecule has 2 aromatic rings. The lowest BCUT2D eigenvalue weighted by Gasteiger charge is -2.53. The van der Waals surface area contributed by atoms with Gasteiger partial charge < -0.3 is 14.6 Å². The molecule has 0 unspecified atom stereocenters. The van der Waals surface area contributed by atoms with Crippen molar-refractivity contribution in [3.8, 4) is 0 Å². The third-order valence-corrected chi connectivity index (χ3v) is 6.45. The van der Waals surface area contributed by atoms with Crippen molar-refractivity contribution in [2.75, 3.05) is 39.3 Å². The zero-order valence-electron chi connectivity index (χ0n) is 15.0. The highest BCUT2D eigenvalue weighted by atomic mass is 16.5. The number of nitrogens with one attached hydrogen (secondary N) is 1. The number of H-pyrrole nitrogens is 1. The Hall–Kier alpha value is -1.36. The van der Waals surface area contributed by atoms with Gasteiger partial charge in [-0.2, -0.15) is 0 Å². The summed E-state index contributed by atoms with van der Waals surface area (Å²) in [6.07, 6.45) is 7.41. The van der Waals surface area contributed by atoms with Crippen LogP contribution in [0.5, 0.6) is 0 Å². The van der Waals surface area contributed by atoms with Gasteiger partial charge in [0.05, 0.1) is 12.2 Å². The molecule has 3 aliphatic rings. The molecule has 3 saturated heterocycles. The van der Waals surface area contributed by atoms with Crippen LogP contribution >= 0.6 is 0 Å². The van der Waals surface area contributed by atoms with Crippen LogP contribution in [0.1, 0.15) is 31.2 Å². The molecule has 1 aromatic heterocycles. The normalized spacial score (nSPS) is 27.1. The molecule has 3 fully saturated rings. The number of ether oxygens (including phenoxy) is 1. The van der Waals surface area contributed by atoms with Gasteiger partial charge in [-0.1, -0.05) is 12.1 Å². The van der Waals surface area contributed by atoms with Gasteiger partial charge >= 0.3 is 0 Å². The molecule has 0 aliphatic carbocycles. The highest BCUT2D eigenvalue weighted by Gasteiger charge is 2.46. The first-order chi connectivity index (χ1) is 12.3. The van der Waals surface area contributed by atoms with E-state index in [-0.39, 0.29) is 5.60 Å². The minimum atomic E-state index is 0.160. The van der Waals surface area contributed by atoms with Crippen LogP contribution < -0.4 is 0 Å². The smallest absolute Gasteiger partial charge is 0.0935 e. The largest absolute Gasteiger partial charge is 0.372 e. The van der Waals surface area contributed by atoms with Crippen molar-refractivity contribution >= 4 is 10.9 Å². The van der Waals surface area contributed by atoms with Gasteiger partial charge in [0.25, 0.3) is 0 Å². The summed E-state index contributed by atoms with van der Waals surface area (Å²) in [7, 11) is 0. The van der Waals surface area contributed by atoms with Gasteiger partial charge in [0.1, 0.15) is 0 Å². The summed E-state index contributed by atoms with van der Waals surface area (Å²) in [5.41, 5.74) is 2.83. The lowest BCUT2D eigenvalue weighted by atomic mass is 9.82. The number of hydrogen-bond acceptors (Lipinski definition) is 3. The van der Waals surface area contributed by atoms with Crippen LogP contribution in [0.15, 0.2) is 30.5 Å². The van der Waals surface area contributed by atoms with Crippen LogP contribution in [-0.2, 0) is 11.3 Å². The van der Waals surface area contributed by atoms with Crippen LogP contribution in [0.3, 0.4) is 0 Å². The fourth-order valence-corrected chi connectivity index (χ4v) is 5.05. The van der Waals surface area contributed by atoms with E-state index in [1.807, 2.05) is 6.20 Å². The monoisotopic (exact) mass is 339 g/mol. The predicted molar refractivity (Wildman–Crippen MR) is 101 cm³/mol. The molecule has 1 N–H and O–H groups in total. The summed E-state index contributed by atoms with van der Waals surface area (Å²) in [6, 6.07) is 8.76. The quantitative estimate of drug-likeness (QED) is 0.928. The van der Waals surface area contributed by atoms with E-state index in [9.17, 15) is 0 Å². The third kappa shape index (κ3) is 3.12. The average Bonchev–Trinajstić information content (AvgIpc) is 3.27. The minimum absolute atomic E-state index is 0.160. The standard InChI is InChI=1S/C21H29N3O/c1-2-11-23(10-1)12-17-6-8-21(25-14-17)15-24(16-21)13-18-4-3-5-20-19(18)7-9-22-20/h3-5,7,9,17,22H,1-2,6,8,10-16H2/t17-/m0/s1. The lowest BCUT2D eigenvalue weighted by molar-refractivity contribution is -0.183. The molecule has 1 aromatic carbocycles. The summed E-state index contributed by atoms with van der Waals surface area (Å²) in [6.45, 7) is 8.08. The molecule has 25 heavy (non-hydrogen) atoms. The number of hydrogen-bond donors (Lipinski definition) is 1. The van der Waals surface area contributed by atoms with E-state index >= 15 is 0 Å². The topological polar surface area (TPSA) is 31.5 Å². The molecular formula is C21H29N3O. The van der Waals surface area contributed by atoms with Crippen molar-refractivity contribution in [1.82, 2.24) is 14.8 Å². The predicted octanol–water partition coefficient (Wildman–Crippen LogP) is 3.24. The van der Waals surface area contributed by atoms with E-state index in [1.165, 1.54) is 61.8 Å². The van der Waals surface area contributed by atoms with E-state index in [0.29, 0.717) is 0 Å². The van der Waals surface area contributed by atoms with Gasteiger partial charge in [-0.15, -0.1) is 0 Å². The molecule has 3 aliphatic heterocycles. The first-order valence-electron chi connectivity index (χ1n) is 9.93. The highest BCUT2D eigenvalue weighted by Crippen LogP contribution is 2.37. The first kappa shape index (κ1) is 15.9. The molecule has 1 atom stereocenters. The van der Waals surface area contributed by atoms with Crippen molar-refractivity contribution in [2.24, 2.45) is 5.92 Å². The van der Waals surface area contributed by atoms with E-state index in [0.717, 1.165) is 32.2 Å². The molecule has 1 spiro atoms. The average molecular weight is 339 g/mol. The summed E-state index contributed by atoms with van der Waals surface area (Å²) >= 11 is 0. The summed E-state index contributed by atoms with van der Waals surface area (Å²) in [4.78, 5) is 8.49. The number of nitrogens with zero attached hydrogens (tertiary/aromatic N) is 2. The number of fused-ring (bicyclic) bond motifs is 1. The SMILES string of the molecule is c1cc(CN2CC3(CC[C@@H](CN4CCCC4)CO3)C2)c2cc[nH]c2c1. The Kier molecular flexibility index (Phi) is 4.07. The second-order valence-electron chi connectivity index (χ2n) is 8.41. The van der Waals surface area contributed by atoms with Crippen LogP contribution in [0.2, 0.25) is 0 Å². The van der Waals surface area contributed by atoms with E-state index < -0.39 is 0 Å². The fourth-order valence-electron chi connectivity index (χ4n) is 5.05. The highest BCUT2D eigenvalue weighted by molar-refractivity contribution is 5.82. The second kappa shape index (κ2) is 6.42. The Morgan fingerprint density at radius 1 is 1.12 bits per heavy atom. The Morgan fingerprint density at radius 2 is 2.00 bits per heavy atom. The third-order valence-electron chi connectivity index (χ3n) is 6.45. The molecule has 5 rings (SSSR count). The molecule has 4 nitrogen and oxygen atoms in total. The van der Waals surface area contributed by atoms with Crippen molar-refractivity contribution in [3.63, 3.8) is 0 Å². The first-order valence-corrected chi connectivity index (χ1v) is 9.93. The molecule has 134 valence electrons. The number of likely N-dealkylation sites (tertiary alicyclic amines) is 2. The Morgan fingerprint density at radius 3 is 2.80 bits per heavy atom. The Bertz CT molecular complexity index is 718. The molecule has 0 saturated carbocycles. The zero-order chi connectivity index (χ0) is 16.7. The van der Waals surface area contributed by atoms with Gasteiger partial charge in [-0.3, -0.25) is 4.90 Å². The van der Waals surface area contributed by atoms with Crippen LogP contribution in [0, 0.1) is 5.92 Å². The van der Waals surface area contributed by atoms with Crippen molar-refractivity contribution < 1.29 is 4.74 Å². The number of rotatable bonds is 4. The van der Waals surface area contributed by atoms with Crippen LogP contribution in [0.4, 0.5) is 0 Å². The lowest BCUT2D eigenvalue weighted by Crippen LogP contribution is -2.64. The van der Waals surface area contributed by atoms with Gasteiger partial charge in [0.15, 0.2) is 0 Å². The van der Waals surface area contributed by atoms with Crippen molar-refractivity contribution in [3.05, 3.63) is 36.0 Å². The molecule has 0 amide bonds. The summed E-state index contributed by atoms with van der Waals surface area (Å²) in [5, 5.41) is 1.36. The Balaban J connectivity index is 1.14. The van der Waals surface area contributed by atoms with Gasteiger partial charge in [0, 0.05) is 43.3 Å². The Labute approximate surface area is 150 Å². The maximum absolute atomic E-state index is 6.39.